The first-order valence-corrected chi connectivity index (χ1v) is 5.47. The third kappa shape index (κ3) is 2.87. The van der Waals surface area contributed by atoms with E-state index in [0.717, 1.165) is 0 Å². The summed E-state index contributed by atoms with van der Waals surface area (Å²) in [5.74, 6) is -0.618. The fourth-order valence-electron chi connectivity index (χ4n) is 1.41. The van der Waals surface area contributed by atoms with E-state index in [-0.39, 0.29) is 0 Å². The number of carboxylic acid groups (broad SMARTS) is 1. The Bertz CT molecular complexity index is 507. The minimum absolute atomic E-state index is 0.411. The number of tetrazole rings is 1. The van der Waals surface area contributed by atoms with Gasteiger partial charge in [0.25, 0.3) is 0 Å². The van der Waals surface area contributed by atoms with E-state index < -0.39 is 11.9 Å². The average Bonchev–Trinajstić information content (AvgIpc) is 2.98. The molecule has 0 aromatic carbocycles. The van der Waals surface area contributed by atoms with Gasteiger partial charge in [-0.1, -0.05) is 6.92 Å². The highest BCUT2D eigenvalue weighted by molar-refractivity contribution is 5.69. The molecule has 0 fully saturated rings. The van der Waals surface area contributed by atoms with Crippen LogP contribution in [0.5, 0.6) is 0 Å². The highest BCUT2D eigenvalue weighted by atomic mass is 16.4. The van der Waals surface area contributed by atoms with Gasteiger partial charge in [-0.2, -0.15) is 5.10 Å². The van der Waals surface area contributed by atoms with Crippen molar-refractivity contribution >= 4 is 5.97 Å². The minimum atomic E-state index is -0.819. The van der Waals surface area contributed by atoms with Crippen LogP contribution in [0.3, 0.4) is 0 Å². The van der Waals surface area contributed by atoms with Crippen molar-refractivity contribution < 1.29 is 9.90 Å². The summed E-state index contributed by atoms with van der Waals surface area (Å²) in [5, 5.41) is 24.1. The van der Waals surface area contributed by atoms with Crippen LogP contribution in [0.4, 0.5) is 0 Å². The molecule has 1 atom stereocenters. The molecule has 9 nitrogen and oxygen atoms in total. The van der Waals surface area contributed by atoms with Crippen LogP contribution in [0.25, 0.3) is 0 Å². The van der Waals surface area contributed by atoms with Crippen LogP contribution < -0.4 is 0 Å². The van der Waals surface area contributed by atoms with E-state index >= 15 is 0 Å². The number of aliphatic carboxylic acids is 1. The van der Waals surface area contributed by atoms with Gasteiger partial charge in [0.2, 0.25) is 0 Å². The van der Waals surface area contributed by atoms with Gasteiger partial charge in [-0.05, 0) is 16.8 Å². The molecule has 0 bridgehead atoms. The Morgan fingerprint density at radius 1 is 1.56 bits per heavy atom. The first kappa shape index (κ1) is 12.1. The van der Waals surface area contributed by atoms with Crippen molar-refractivity contribution in [1.82, 2.24) is 35.0 Å². The Balaban J connectivity index is 1.97. The first-order chi connectivity index (χ1) is 8.66. The summed E-state index contributed by atoms with van der Waals surface area (Å²) in [6.07, 6.45) is 3.48. The van der Waals surface area contributed by atoms with Crippen molar-refractivity contribution in [1.29, 1.82) is 0 Å². The van der Waals surface area contributed by atoms with Crippen molar-refractivity contribution in [2.45, 2.75) is 26.4 Å². The quantitative estimate of drug-likeness (QED) is 0.731. The monoisotopic (exact) mass is 251 g/mol. The average molecular weight is 251 g/mol. The molecule has 0 aliphatic carbocycles. The Labute approximate surface area is 102 Å². The van der Waals surface area contributed by atoms with Gasteiger partial charge in [-0.3, -0.25) is 4.79 Å². The maximum absolute atomic E-state index is 10.7. The molecule has 9 heteroatoms. The summed E-state index contributed by atoms with van der Waals surface area (Å²) in [6.45, 7) is 2.53. The Morgan fingerprint density at radius 2 is 2.39 bits per heavy atom. The molecule has 0 aliphatic heterocycles. The second kappa shape index (κ2) is 5.34. The molecule has 0 radical (unpaired) electrons. The second-order valence-electron chi connectivity index (χ2n) is 3.94. The van der Waals surface area contributed by atoms with Gasteiger partial charge in [-0.25, -0.2) is 14.3 Å². The molecular weight excluding hydrogens is 238 g/mol. The van der Waals surface area contributed by atoms with E-state index in [1.54, 1.807) is 22.6 Å². The molecule has 0 saturated heterocycles. The fraction of sp³-hybridized carbons (Fsp3) is 0.556. The smallest absolute Gasteiger partial charge is 0.306 e. The lowest BCUT2D eigenvalue weighted by Gasteiger charge is -2.07. The minimum Gasteiger partial charge on any atom is -0.481 e. The van der Waals surface area contributed by atoms with Crippen LogP contribution in [0.1, 0.15) is 19.2 Å². The van der Waals surface area contributed by atoms with Gasteiger partial charge in [0.05, 0.1) is 5.92 Å². The number of hydrogen-bond acceptors (Lipinski definition) is 6. The standard InChI is InChI=1S/C9H13N7O2/c1-7(9(17)18)2-3-16-8(12-13-14-16)4-15-6-10-5-11-15/h5-7H,2-4H2,1H3,(H,17,18). The van der Waals surface area contributed by atoms with E-state index in [2.05, 4.69) is 25.6 Å². The number of carbonyl (C=O) groups is 1. The topological polar surface area (TPSA) is 112 Å². The summed E-state index contributed by atoms with van der Waals surface area (Å²) in [7, 11) is 0. The van der Waals surface area contributed by atoms with Crippen LogP contribution in [0.2, 0.25) is 0 Å². The van der Waals surface area contributed by atoms with E-state index in [0.29, 0.717) is 25.3 Å². The molecule has 1 unspecified atom stereocenters. The predicted molar refractivity (Wildman–Crippen MR) is 58.4 cm³/mol. The van der Waals surface area contributed by atoms with Crippen molar-refractivity contribution in [3.05, 3.63) is 18.5 Å². The van der Waals surface area contributed by atoms with Gasteiger partial charge in [0, 0.05) is 6.54 Å². The Hall–Kier alpha value is -2.32. The van der Waals surface area contributed by atoms with Crippen LogP contribution in [-0.2, 0) is 17.9 Å². The first-order valence-electron chi connectivity index (χ1n) is 5.47. The number of aromatic nitrogens is 7. The highest BCUT2D eigenvalue weighted by Gasteiger charge is 2.13. The molecule has 0 amide bonds. The molecule has 2 heterocycles. The second-order valence-corrected chi connectivity index (χ2v) is 3.94. The van der Waals surface area contributed by atoms with Crippen molar-refractivity contribution in [3.63, 3.8) is 0 Å². The van der Waals surface area contributed by atoms with E-state index in [9.17, 15) is 4.79 Å². The lowest BCUT2D eigenvalue weighted by Crippen LogP contribution is -2.16. The zero-order valence-corrected chi connectivity index (χ0v) is 9.84. The highest BCUT2D eigenvalue weighted by Crippen LogP contribution is 2.05. The van der Waals surface area contributed by atoms with Crippen LogP contribution in [-0.4, -0.2) is 46.0 Å². The third-order valence-corrected chi connectivity index (χ3v) is 2.57. The molecule has 96 valence electrons. The number of aryl methyl sites for hydroxylation is 1. The summed E-state index contributed by atoms with van der Waals surface area (Å²) < 4.78 is 3.18. The lowest BCUT2D eigenvalue weighted by molar-refractivity contribution is -0.141. The molecular formula is C9H13N7O2. The van der Waals surface area contributed by atoms with E-state index in [1.165, 1.54) is 6.33 Å². The van der Waals surface area contributed by atoms with E-state index in [1.807, 2.05) is 0 Å². The van der Waals surface area contributed by atoms with Gasteiger partial charge in [0.1, 0.15) is 19.2 Å². The largest absolute Gasteiger partial charge is 0.481 e. The Kier molecular flexibility index (Phi) is 3.60. The van der Waals surface area contributed by atoms with Crippen molar-refractivity contribution in [3.8, 4) is 0 Å². The number of rotatable bonds is 6. The SMILES string of the molecule is CC(CCn1nnnc1Cn1cncn1)C(=O)O. The molecule has 18 heavy (non-hydrogen) atoms. The normalized spacial score (nSPS) is 12.5. The van der Waals surface area contributed by atoms with Crippen LogP contribution in [0, 0.1) is 5.92 Å². The summed E-state index contributed by atoms with van der Waals surface area (Å²) in [6, 6.07) is 0. The van der Waals surface area contributed by atoms with E-state index in [4.69, 9.17) is 5.11 Å². The summed E-state index contributed by atoms with van der Waals surface area (Å²) >= 11 is 0. The maximum Gasteiger partial charge on any atom is 0.306 e. The number of hydrogen-bond donors (Lipinski definition) is 1. The molecule has 2 aromatic heterocycles. The van der Waals surface area contributed by atoms with Crippen LogP contribution in [0.15, 0.2) is 12.7 Å². The predicted octanol–water partition coefficient (Wildman–Crippen LogP) is -0.576. The molecule has 0 saturated carbocycles. The molecule has 2 rings (SSSR count). The zero-order chi connectivity index (χ0) is 13.0. The zero-order valence-electron chi connectivity index (χ0n) is 9.84. The lowest BCUT2D eigenvalue weighted by atomic mass is 10.1. The van der Waals surface area contributed by atoms with Crippen LogP contribution >= 0.6 is 0 Å². The number of carboxylic acids is 1. The molecule has 1 N–H and O–H groups in total. The third-order valence-electron chi connectivity index (χ3n) is 2.57. The summed E-state index contributed by atoms with van der Waals surface area (Å²) in [4.78, 5) is 14.5. The molecule has 0 aliphatic rings. The molecule has 2 aromatic rings. The fourth-order valence-corrected chi connectivity index (χ4v) is 1.41. The van der Waals surface area contributed by atoms with Gasteiger partial charge < -0.3 is 5.11 Å². The van der Waals surface area contributed by atoms with Gasteiger partial charge >= 0.3 is 5.97 Å². The number of nitrogens with zero attached hydrogens (tertiary/aromatic N) is 7. The van der Waals surface area contributed by atoms with Crippen molar-refractivity contribution in [2.75, 3.05) is 0 Å². The van der Waals surface area contributed by atoms with Gasteiger partial charge in [-0.15, -0.1) is 5.10 Å². The maximum atomic E-state index is 10.7. The Morgan fingerprint density at radius 3 is 3.06 bits per heavy atom. The molecule has 0 spiro atoms. The van der Waals surface area contributed by atoms with Gasteiger partial charge in [0.15, 0.2) is 5.82 Å². The summed E-state index contributed by atoms with van der Waals surface area (Å²) in [5.41, 5.74) is 0. The van der Waals surface area contributed by atoms with Crippen molar-refractivity contribution in [2.24, 2.45) is 5.92 Å².